The quantitative estimate of drug-likeness (QED) is 0.733. The Kier molecular flexibility index (Phi) is 5.83. The van der Waals surface area contributed by atoms with Crippen molar-refractivity contribution in [1.29, 1.82) is 0 Å². The molecule has 1 aromatic rings. The highest BCUT2D eigenvalue weighted by Gasteiger charge is 2.15. The predicted octanol–water partition coefficient (Wildman–Crippen LogP) is 1.58. The van der Waals surface area contributed by atoms with Crippen LogP contribution in [0.5, 0.6) is 0 Å². The maximum atomic E-state index is 9.95. The van der Waals surface area contributed by atoms with Crippen LogP contribution in [0.3, 0.4) is 0 Å². The van der Waals surface area contributed by atoms with Crippen LogP contribution in [-0.2, 0) is 6.42 Å². The standard InChI is InChI=1S/C16H26N2O/c1-14-5-4-6-15(11-14)7-8-17-12-16(19)13-18-9-2-3-10-18/h4-6,11,16-17,19H,2-3,7-10,12-13H2,1H3. The van der Waals surface area contributed by atoms with Gasteiger partial charge in [0.15, 0.2) is 0 Å². The molecule has 0 aliphatic carbocycles. The number of hydrogen-bond acceptors (Lipinski definition) is 3. The van der Waals surface area contributed by atoms with E-state index in [-0.39, 0.29) is 6.10 Å². The van der Waals surface area contributed by atoms with Gasteiger partial charge in [-0.15, -0.1) is 0 Å². The number of aliphatic hydroxyl groups is 1. The second-order valence-corrected chi connectivity index (χ2v) is 5.60. The van der Waals surface area contributed by atoms with E-state index in [2.05, 4.69) is 41.4 Å². The maximum Gasteiger partial charge on any atom is 0.0791 e. The number of nitrogens with zero attached hydrogens (tertiary/aromatic N) is 1. The van der Waals surface area contributed by atoms with Crippen LogP contribution in [-0.4, -0.2) is 48.8 Å². The van der Waals surface area contributed by atoms with Crippen molar-refractivity contribution in [3.63, 3.8) is 0 Å². The molecule has 0 radical (unpaired) electrons. The van der Waals surface area contributed by atoms with Crippen LogP contribution in [0.4, 0.5) is 0 Å². The molecule has 2 N–H and O–H groups in total. The first kappa shape index (κ1) is 14.5. The van der Waals surface area contributed by atoms with E-state index in [1.807, 2.05) is 0 Å². The summed E-state index contributed by atoms with van der Waals surface area (Å²) in [6.45, 7) is 6.87. The molecular formula is C16H26N2O. The first-order valence-corrected chi connectivity index (χ1v) is 7.41. The van der Waals surface area contributed by atoms with Gasteiger partial charge < -0.3 is 15.3 Å². The molecule has 106 valence electrons. The lowest BCUT2D eigenvalue weighted by Gasteiger charge is -2.19. The van der Waals surface area contributed by atoms with Gasteiger partial charge in [-0.25, -0.2) is 0 Å². The first-order valence-electron chi connectivity index (χ1n) is 7.41. The molecular weight excluding hydrogens is 236 g/mol. The fourth-order valence-electron chi connectivity index (χ4n) is 2.70. The van der Waals surface area contributed by atoms with E-state index < -0.39 is 0 Å². The van der Waals surface area contributed by atoms with Gasteiger partial charge in [-0.3, -0.25) is 0 Å². The lowest BCUT2D eigenvalue weighted by molar-refractivity contribution is 0.124. The fourth-order valence-corrected chi connectivity index (χ4v) is 2.70. The molecule has 1 aromatic carbocycles. The topological polar surface area (TPSA) is 35.5 Å². The molecule has 1 unspecified atom stereocenters. The molecule has 0 amide bonds. The smallest absolute Gasteiger partial charge is 0.0791 e. The van der Waals surface area contributed by atoms with E-state index in [9.17, 15) is 5.11 Å². The highest BCUT2D eigenvalue weighted by Crippen LogP contribution is 2.07. The van der Waals surface area contributed by atoms with Crippen molar-refractivity contribution in [2.24, 2.45) is 0 Å². The number of nitrogens with one attached hydrogen (secondary N) is 1. The zero-order chi connectivity index (χ0) is 13.5. The third kappa shape index (κ3) is 5.31. The molecule has 0 spiro atoms. The Bertz CT molecular complexity index is 375. The lowest BCUT2D eigenvalue weighted by Crippen LogP contribution is -2.37. The molecule has 1 saturated heterocycles. The van der Waals surface area contributed by atoms with Crippen LogP contribution in [0.25, 0.3) is 0 Å². The zero-order valence-electron chi connectivity index (χ0n) is 11.9. The van der Waals surface area contributed by atoms with Crippen LogP contribution in [0.1, 0.15) is 24.0 Å². The number of hydrogen-bond donors (Lipinski definition) is 2. The van der Waals surface area contributed by atoms with Gasteiger partial charge in [0.05, 0.1) is 6.10 Å². The molecule has 0 saturated carbocycles. The Morgan fingerprint density at radius 2 is 2.11 bits per heavy atom. The van der Waals surface area contributed by atoms with Crippen LogP contribution >= 0.6 is 0 Å². The Morgan fingerprint density at radius 3 is 2.84 bits per heavy atom. The highest BCUT2D eigenvalue weighted by molar-refractivity contribution is 5.22. The van der Waals surface area contributed by atoms with Crippen molar-refractivity contribution in [3.05, 3.63) is 35.4 Å². The molecule has 0 aromatic heterocycles. The zero-order valence-corrected chi connectivity index (χ0v) is 11.9. The van der Waals surface area contributed by atoms with E-state index in [0.29, 0.717) is 6.54 Å². The second-order valence-electron chi connectivity index (χ2n) is 5.60. The van der Waals surface area contributed by atoms with Crippen molar-refractivity contribution in [1.82, 2.24) is 10.2 Å². The Balaban J connectivity index is 1.58. The summed E-state index contributed by atoms with van der Waals surface area (Å²) in [6.07, 6.45) is 3.36. The van der Waals surface area contributed by atoms with Gasteiger partial charge in [0.2, 0.25) is 0 Å². The normalized spacial score (nSPS) is 17.8. The van der Waals surface area contributed by atoms with Gasteiger partial charge in [-0.2, -0.15) is 0 Å². The van der Waals surface area contributed by atoms with E-state index >= 15 is 0 Å². The minimum atomic E-state index is -0.240. The van der Waals surface area contributed by atoms with E-state index in [1.165, 1.54) is 24.0 Å². The predicted molar refractivity (Wildman–Crippen MR) is 79.4 cm³/mol. The summed E-state index contributed by atoms with van der Waals surface area (Å²) in [4.78, 5) is 2.35. The minimum absolute atomic E-state index is 0.240. The van der Waals surface area contributed by atoms with Gasteiger partial charge >= 0.3 is 0 Å². The summed E-state index contributed by atoms with van der Waals surface area (Å²) in [5, 5.41) is 13.3. The fraction of sp³-hybridized carbons (Fsp3) is 0.625. The van der Waals surface area contributed by atoms with E-state index in [1.54, 1.807) is 0 Å². The number of aryl methyl sites for hydroxylation is 1. The molecule has 3 heteroatoms. The SMILES string of the molecule is Cc1cccc(CCNCC(O)CN2CCCC2)c1. The van der Waals surface area contributed by atoms with E-state index in [0.717, 1.165) is 32.6 Å². The molecule has 19 heavy (non-hydrogen) atoms. The average Bonchev–Trinajstić information content (AvgIpc) is 2.87. The molecule has 1 heterocycles. The molecule has 1 aliphatic heterocycles. The molecule has 1 aliphatic rings. The van der Waals surface area contributed by atoms with Crippen molar-refractivity contribution in [2.45, 2.75) is 32.3 Å². The third-order valence-corrected chi connectivity index (χ3v) is 3.72. The van der Waals surface area contributed by atoms with E-state index in [4.69, 9.17) is 0 Å². The van der Waals surface area contributed by atoms with Crippen molar-refractivity contribution in [3.8, 4) is 0 Å². The summed E-state index contributed by atoms with van der Waals surface area (Å²) < 4.78 is 0. The Morgan fingerprint density at radius 1 is 1.32 bits per heavy atom. The van der Waals surface area contributed by atoms with Crippen LogP contribution in [0.2, 0.25) is 0 Å². The molecule has 1 atom stereocenters. The monoisotopic (exact) mass is 262 g/mol. The van der Waals surface area contributed by atoms with Crippen molar-refractivity contribution in [2.75, 3.05) is 32.7 Å². The molecule has 0 bridgehead atoms. The van der Waals surface area contributed by atoms with Crippen LogP contribution in [0, 0.1) is 6.92 Å². The average molecular weight is 262 g/mol. The molecule has 2 rings (SSSR count). The van der Waals surface area contributed by atoms with Gasteiger partial charge in [-0.1, -0.05) is 29.8 Å². The van der Waals surface area contributed by atoms with Gasteiger partial charge in [0.1, 0.15) is 0 Å². The van der Waals surface area contributed by atoms with Gasteiger partial charge in [0.25, 0.3) is 0 Å². The summed E-state index contributed by atoms with van der Waals surface area (Å²) in [6, 6.07) is 8.61. The van der Waals surface area contributed by atoms with Gasteiger partial charge in [-0.05, 0) is 51.4 Å². The molecule has 3 nitrogen and oxygen atoms in total. The number of benzene rings is 1. The largest absolute Gasteiger partial charge is 0.390 e. The Labute approximate surface area is 116 Å². The molecule has 1 fully saturated rings. The lowest BCUT2D eigenvalue weighted by atomic mass is 10.1. The highest BCUT2D eigenvalue weighted by atomic mass is 16.3. The van der Waals surface area contributed by atoms with Crippen molar-refractivity contribution < 1.29 is 5.11 Å². The summed E-state index contributed by atoms with van der Waals surface area (Å²) >= 11 is 0. The van der Waals surface area contributed by atoms with Crippen LogP contribution < -0.4 is 5.32 Å². The minimum Gasteiger partial charge on any atom is -0.390 e. The number of β-amino-alcohol motifs (C(OH)–C–C–N with tert-alkyl or cyclic N) is 1. The summed E-state index contributed by atoms with van der Waals surface area (Å²) in [5.74, 6) is 0. The number of rotatable bonds is 7. The van der Waals surface area contributed by atoms with Gasteiger partial charge in [0, 0.05) is 13.1 Å². The summed E-state index contributed by atoms with van der Waals surface area (Å²) in [5.41, 5.74) is 2.67. The second kappa shape index (κ2) is 7.63. The van der Waals surface area contributed by atoms with Crippen LogP contribution in [0.15, 0.2) is 24.3 Å². The number of aliphatic hydroxyl groups excluding tert-OH is 1. The summed E-state index contributed by atoms with van der Waals surface area (Å²) in [7, 11) is 0. The number of likely N-dealkylation sites (tertiary alicyclic amines) is 1. The maximum absolute atomic E-state index is 9.95. The Hall–Kier alpha value is -0.900. The van der Waals surface area contributed by atoms with Crippen molar-refractivity contribution >= 4 is 0 Å². The third-order valence-electron chi connectivity index (χ3n) is 3.72. The first-order chi connectivity index (χ1) is 9.24.